The maximum Gasteiger partial charge on any atom is 0.264 e. The fourth-order valence-electron chi connectivity index (χ4n) is 1.24. The number of hydrogen-bond acceptors (Lipinski definition) is 4. The molecule has 0 saturated heterocycles. The van der Waals surface area contributed by atoms with Crippen LogP contribution in [-0.4, -0.2) is 14.3 Å². The highest BCUT2D eigenvalue weighted by Gasteiger charge is 2.16. The zero-order valence-corrected chi connectivity index (χ0v) is 10.5. The summed E-state index contributed by atoms with van der Waals surface area (Å²) < 4.78 is 25.5. The van der Waals surface area contributed by atoms with E-state index in [1.165, 1.54) is 24.3 Å². The zero-order valence-electron chi connectivity index (χ0n) is 9.64. The van der Waals surface area contributed by atoms with Crippen molar-refractivity contribution in [3.05, 3.63) is 24.3 Å². The number of nitrogen functional groups attached to an aromatic ring is 1. The number of carbonyl (C=O) groups is 1. The number of hydrogen-bond donors (Lipinski definition) is 2. The van der Waals surface area contributed by atoms with Gasteiger partial charge in [0.2, 0.25) is 5.91 Å². The minimum Gasteiger partial charge on any atom is -0.399 e. The quantitative estimate of drug-likeness (QED) is 0.776. The monoisotopic (exact) mass is 256 g/mol. The van der Waals surface area contributed by atoms with Crippen LogP contribution in [0.15, 0.2) is 29.2 Å². The number of sulfonamides is 1. The molecule has 0 aliphatic heterocycles. The van der Waals surface area contributed by atoms with Crippen LogP contribution in [-0.2, 0) is 14.8 Å². The fourth-order valence-corrected chi connectivity index (χ4v) is 2.26. The van der Waals surface area contributed by atoms with E-state index >= 15 is 0 Å². The van der Waals surface area contributed by atoms with E-state index < -0.39 is 15.9 Å². The van der Waals surface area contributed by atoms with E-state index in [1.807, 2.05) is 11.6 Å². The molecular formula is C11H16N2O3S. The topological polar surface area (TPSA) is 89.3 Å². The van der Waals surface area contributed by atoms with Crippen LogP contribution in [0.5, 0.6) is 0 Å². The number of benzene rings is 1. The van der Waals surface area contributed by atoms with Crippen LogP contribution in [0.4, 0.5) is 5.69 Å². The molecule has 0 spiro atoms. The molecule has 1 aromatic carbocycles. The van der Waals surface area contributed by atoms with Crippen molar-refractivity contribution < 1.29 is 13.2 Å². The Bertz CT molecular complexity index is 480. The third-order valence-corrected chi connectivity index (χ3v) is 3.59. The van der Waals surface area contributed by atoms with Gasteiger partial charge in [-0.05, 0) is 30.7 Å². The van der Waals surface area contributed by atoms with Gasteiger partial charge in [0.25, 0.3) is 10.0 Å². The predicted octanol–water partition coefficient (Wildman–Crippen LogP) is 1.26. The van der Waals surface area contributed by atoms with Crippen LogP contribution >= 0.6 is 0 Å². The first-order chi connectivity index (χ1) is 7.95. The van der Waals surface area contributed by atoms with Crippen molar-refractivity contribution in [1.82, 2.24) is 4.72 Å². The van der Waals surface area contributed by atoms with Crippen molar-refractivity contribution in [1.29, 1.82) is 0 Å². The average molecular weight is 256 g/mol. The highest BCUT2D eigenvalue weighted by atomic mass is 32.2. The molecule has 0 aliphatic rings. The molecule has 6 heteroatoms. The third-order valence-electron chi connectivity index (χ3n) is 2.20. The minimum atomic E-state index is -3.76. The SMILES string of the molecule is CCCCC(=O)NS(=O)(=O)c1ccc(N)cc1. The number of anilines is 1. The molecule has 17 heavy (non-hydrogen) atoms. The number of nitrogens with two attached hydrogens (primary N) is 1. The molecule has 5 nitrogen and oxygen atoms in total. The Morgan fingerprint density at radius 3 is 2.41 bits per heavy atom. The van der Waals surface area contributed by atoms with E-state index in [4.69, 9.17) is 5.73 Å². The van der Waals surface area contributed by atoms with E-state index in [1.54, 1.807) is 0 Å². The van der Waals surface area contributed by atoms with Gasteiger partial charge in [-0.15, -0.1) is 0 Å². The summed E-state index contributed by atoms with van der Waals surface area (Å²) in [4.78, 5) is 11.4. The molecule has 1 aromatic rings. The van der Waals surface area contributed by atoms with E-state index in [0.29, 0.717) is 12.1 Å². The maximum absolute atomic E-state index is 11.7. The molecule has 0 unspecified atom stereocenters. The van der Waals surface area contributed by atoms with Gasteiger partial charge in [-0.25, -0.2) is 13.1 Å². The van der Waals surface area contributed by atoms with E-state index in [0.717, 1.165) is 6.42 Å². The van der Waals surface area contributed by atoms with Gasteiger partial charge in [-0.3, -0.25) is 4.79 Å². The first-order valence-corrected chi connectivity index (χ1v) is 6.85. The van der Waals surface area contributed by atoms with Crippen molar-refractivity contribution >= 4 is 21.6 Å². The molecule has 0 saturated carbocycles. The van der Waals surface area contributed by atoms with Crippen molar-refractivity contribution in [2.24, 2.45) is 0 Å². The fraction of sp³-hybridized carbons (Fsp3) is 0.364. The second-order valence-electron chi connectivity index (χ2n) is 3.70. The second kappa shape index (κ2) is 5.67. The minimum absolute atomic E-state index is 0.0385. The highest BCUT2D eigenvalue weighted by molar-refractivity contribution is 7.90. The summed E-state index contributed by atoms with van der Waals surface area (Å²) in [5.41, 5.74) is 5.93. The average Bonchev–Trinajstić information content (AvgIpc) is 2.26. The molecule has 0 aromatic heterocycles. The predicted molar refractivity (Wildman–Crippen MR) is 65.7 cm³/mol. The van der Waals surface area contributed by atoms with E-state index in [-0.39, 0.29) is 11.3 Å². The Morgan fingerprint density at radius 1 is 1.29 bits per heavy atom. The van der Waals surface area contributed by atoms with Crippen molar-refractivity contribution in [2.45, 2.75) is 31.1 Å². The molecule has 0 heterocycles. The molecule has 1 amide bonds. The van der Waals surface area contributed by atoms with E-state index in [2.05, 4.69) is 0 Å². The highest BCUT2D eigenvalue weighted by Crippen LogP contribution is 2.11. The van der Waals surface area contributed by atoms with Gasteiger partial charge in [-0.2, -0.15) is 0 Å². The molecule has 0 atom stereocenters. The zero-order chi connectivity index (χ0) is 12.9. The van der Waals surface area contributed by atoms with Gasteiger partial charge in [-0.1, -0.05) is 13.3 Å². The summed E-state index contributed by atoms with van der Waals surface area (Å²) in [6.07, 6.45) is 1.73. The number of unbranched alkanes of at least 4 members (excludes halogenated alkanes) is 1. The Hall–Kier alpha value is -1.56. The Morgan fingerprint density at radius 2 is 1.88 bits per heavy atom. The molecule has 0 fully saturated rings. The Labute approximate surface area is 101 Å². The van der Waals surface area contributed by atoms with Gasteiger partial charge in [0.05, 0.1) is 4.90 Å². The normalized spacial score (nSPS) is 11.1. The molecule has 0 bridgehead atoms. The number of carbonyl (C=O) groups excluding carboxylic acids is 1. The lowest BCUT2D eigenvalue weighted by Gasteiger charge is -2.06. The maximum atomic E-state index is 11.7. The summed E-state index contributed by atoms with van der Waals surface area (Å²) in [5, 5.41) is 0. The molecule has 1 rings (SSSR count). The second-order valence-corrected chi connectivity index (χ2v) is 5.38. The van der Waals surface area contributed by atoms with Crippen molar-refractivity contribution in [3.8, 4) is 0 Å². The number of rotatable bonds is 5. The van der Waals surface area contributed by atoms with E-state index in [9.17, 15) is 13.2 Å². The first kappa shape index (κ1) is 13.5. The Kier molecular flexibility index (Phi) is 4.51. The summed E-state index contributed by atoms with van der Waals surface area (Å²) >= 11 is 0. The van der Waals surface area contributed by atoms with Crippen LogP contribution in [0.3, 0.4) is 0 Å². The summed E-state index contributed by atoms with van der Waals surface area (Å²) in [7, 11) is -3.76. The van der Waals surface area contributed by atoms with Gasteiger partial charge >= 0.3 is 0 Å². The summed E-state index contributed by atoms with van der Waals surface area (Å²) in [6, 6.07) is 5.69. The molecule has 94 valence electrons. The van der Waals surface area contributed by atoms with Gasteiger partial charge in [0.1, 0.15) is 0 Å². The first-order valence-electron chi connectivity index (χ1n) is 5.37. The van der Waals surface area contributed by atoms with Crippen molar-refractivity contribution in [2.75, 3.05) is 5.73 Å². The molecule has 3 N–H and O–H groups in total. The van der Waals surface area contributed by atoms with Crippen LogP contribution < -0.4 is 10.5 Å². The molecule has 0 radical (unpaired) electrons. The van der Waals surface area contributed by atoms with Crippen LogP contribution in [0.25, 0.3) is 0 Å². The number of amides is 1. The smallest absolute Gasteiger partial charge is 0.264 e. The van der Waals surface area contributed by atoms with Gasteiger partial charge < -0.3 is 5.73 Å². The van der Waals surface area contributed by atoms with Gasteiger partial charge in [0, 0.05) is 12.1 Å². The largest absolute Gasteiger partial charge is 0.399 e. The van der Waals surface area contributed by atoms with Crippen LogP contribution in [0, 0.1) is 0 Å². The lowest BCUT2D eigenvalue weighted by atomic mass is 10.2. The lowest BCUT2D eigenvalue weighted by Crippen LogP contribution is -2.30. The summed E-state index contributed by atoms with van der Waals surface area (Å²) in [5.74, 6) is -0.483. The van der Waals surface area contributed by atoms with Crippen LogP contribution in [0.2, 0.25) is 0 Å². The lowest BCUT2D eigenvalue weighted by molar-refractivity contribution is -0.119. The standard InChI is InChI=1S/C11H16N2O3S/c1-2-3-4-11(14)13-17(15,16)10-7-5-9(12)6-8-10/h5-8H,2-4,12H2,1H3,(H,13,14). The number of nitrogens with one attached hydrogen (secondary N) is 1. The third kappa shape index (κ3) is 4.07. The van der Waals surface area contributed by atoms with Crippen LogP contribution in [0.1, 0.15) is 26.2 Å². The molecular weight excluding hydrogens is 240 g/mol. The van der Waals surface area contributed by atoms with Gasteiger partial charge in [0.15, 0.2) is 0 Å². The molecule has 0 aliphatic carbocycles. The Balaban J connectivity index is 2.75. The van der Waals surface area contributed by atoms with Crippen molar-refractivity contribution in [3.63, 3.8) is 0 Å². The summed E-state index contributed by atoms with van der Waals surface area (Å²) in [6.45, 7) is 1.93.